The molecule has 0 aliphatic heterocycles. The zero-order chi connectivity index (χ0) is 12.3. The number of benzene rings is 1. The minimum absolute atomic E-state index is 0.109. The molecule has 0 aromatic heterocycles. The maximum Gasteiger partial charge on any atom is 0.255 e. The van der Waals surface area contributed by atoms with Crippen molar-refractivity contribution in [3.8, 4) is 5.75 Å². The van der Waals surface area contributed by atoms with Crippen molar-refractivity contribution in [1.82, 2.24) is 5.32 Å². The molecule has 0 bridgehead atoms. The van der Waals surface area contributed by atoms with E-state index in [-0.39, 0.29) is 12.0 Å². The van der Waals surface area contributed by atoms with Crippen molar-refractivity contribution < 1.29 is 9.53 Å². The molecule has 4 nitrogen and oxygen atoms in total. The summed E-state index contributed by atoms with van der Waals surface area (Å²) in [5.74, 6) is 0.488. The maximum absolute atomic E-state index is 11.8. The first-order valence-electron chi connectivity index (χ1n) is 6.05. The highest BCUT2D eigenvalue weighted by atomic mass is 16.5. The van der Waals surface area contributed by atoms with Gasteiger partial charge in [-0.3, -0.25) is 4.79 Å². The molecule has 2 rings (SSSR count). The fourth-order valence-electron chi connectivity index (χ4n) is 1.75. The second-order valence-corrected chi connectivity index (χ2v) is 4.29. The van der Waals surface area contributed by atoms with Gasteiger partial charge in [-0.1, -0.05) is 0 Å². The molecule has 1 aliphatic rings. The summed E-state index contributed by atoms with van der Waals surface area (Å²) in [7, 11) is 0. The second kappa shape index (κ2) is 5.08. The lowest BCUT2D eigenvalue weighted by Crippen LogP contribution is -2.28. The highest BCUT2D eigenvalue weighted by Gasteiger charge is 2.22. The molecular weight excluding hydrogens is 216 g/mol. The summed E-state index contributed by atoms with van der Waals surface area (Å²) in [6.07, 6.45) is 3.56. The summed E-state index contributed by atoms with van der Waals surface area (Å²) in [6, 6.07) is 5.16. The molecule has 1 saturated carbocycles. The third kappa shape index (κ3) is 2.70. The van der Waals surface area contributed by atoms with Crippen LogP contribution in [0, 0.1) is 0 Å². The molecule has 1 amide bonds. The van der Waals surface area contributed by atoms with Crippen molar-refractivity contribution in [1.29, 1.82) is 0 Å². The van der Waals surface area contributed by atoms with E-state index in [4.69, 9.17) is 10.5 Å². The average molecular weight is 234 g/mol. The van der Waals surface area contributed by atoms with E-state index in [2.05, 4.69) is 5.32 Å². The quantitative estimate of drug-likeness (QED) is 0.783. The molecule has 0 radical (unpaired) electrons. The van der Waals surface area contributed by atoms with Crippen LogP contribution in [0.3, 0.4) is 0 Å². The lowest BCUT2D eigenvalue weighted by Gasteiger charge is -2.27. The molecule has 4 heteroatoms. The highest BCUT2D eigenvalue weighted by Crippen LogP contribution is 2.29. The lowest BCUT2D eigenvalue weighted by atomic mass is 9.96. The monoisotopic (exact) mass is 234 g/mol. The number of ether oxygens (including phenoxy) is 1. The van der Waals surface area contributed by atoms with Crippen LogP contribution in [0.4, 0.5) is 5.69 Å². The lowest BCUT2D eigenvalue weighted by molar-refractivity contribution is 0.0930. The first-order chi connectivity index (χ1) is 8.20. The average Bonchev–Trinajstić information content (AvgIpc) is 2.24. The number of hydrogen-bond acceptors (Lipinski definition) is 3. The molecule has 1 aromatic carbocycles. The van der Waals surface area contributed by atoms with E-state index < -0.39 is 0 Å². The predicted octanol–water partition coefficient (Wildman–Crippen LogP) is 1.95. The van der Waals surface area contributed by atoms with E-state index in [0.29, 0.717) is 23.5 Å². The Morgan fingerprint density at radius 2 is 2.29 bits per heavy atom. The molecule has 3 N–H and O–H groups in total. The number of hydrogen-bond donors (Lipinski definition) is 2. The molecule has 1 aliphatic carbocycles. The number of carbonyl (C=O) groups is 1. The Kier molecular flexibility index (Phi) is 3.52. The van der Waals surface area contributed by atoms with E-state index in [1.54, 1.807) is 18.2 Å². The minimum Gasteiger partial charge on any atom is -0.490 e. The van der Waals surface area contributed by atoms with Gasteiger partial charge in [-0.2, -0.15) is 0 Å². The van der Waals surface area contributed by atoms with Crippen LogP contribution in [0.1, 0.15) is 36.5 Å². The molecule has 0 saturated heterocycles. The largest absolute Gasteiger partial charge is 0.490 e. The maximum atomic E-state index is 11.8. The molecule has 1 fully saturated rings. The van der Waals surface area contributed by atoms with Crippen LogP contribution in [0.5, 0.6) is 5.75 Å². The molecular formula is C13H18N2O2. The van der Waals surface area contributed by atoms with Gasteiger partial charge in [0.1, 0.15) is 5.75 Å². The second-order valence-electron chi connectivity index (χ2n) is 4.29. The predicted molar refractivity (Wildman–Crippen MR) is 67.1 cm³/mol. The molecule has 1 aromatic rings. The third-order valence-corrected chi connectivity index (χ3v) is 2.93. The summed E-state index contributed by atoms with van der Waals surface area (Å²) >= 11 is 0. The Balaban J connectivity index is 2.19. The number of anilines is 1. The van der Waals surface area contributed by atoms with Crippen LogP contribution >= 0.6 is 0 Å². The van der Waals surface area contributed by atoms with Gasteiger partial charge in [-0.25, -0.2) is 0 Å². The normalized spacial score (nSPS) is 15.1. The number of amides is 1. The van der Waals surface area contributed by atoms with Gasteiger partial charge >= 0.3 is 0 Å². The van der Waals surface area contributed by atoms with Crippen molar-refractivity contribution in [2.24, 2.45) is 0 Å². The van der Waals surface area contributed by atoms with E-state index in [1.807, 2.05) is 6.92 Å². The van der Waals surface area contributed by atoms with Crippen molar-refractivity contribution >= 4 is 11.6 Å². The minimum atomic E-state index is -0.109. The van der Waals surface area contributed by atoms with E-state index in [9.17, 15) is 4.79 Å². The Labute approximate surface area is 101 Å². The van der Waals surface area contributed by atoms with Gasteiger partial charge in [0.2, 0.25) is 0 Å². The number of carbonyl (C=O) groups excluding carboxylic acids is 1. The van der Waals surface area contributed by atoms with Crippen molar-refractivity contribution in [3.63, 3.8) is 0 Å². The van der Waals surface area contributed by atoms with Gasteiger partial charge < -0.3 is 15.8 Å². The number of rotatable bonds is 4. The fourth-order valence-corrected chi connectivity index (χ4v) is 1.75. The van der Waals surface area contributed by atoms with Crippen LogP contribution in [0.15, 0.2) is 18.2 Å². The topological polar surface area (TPSA) is 64.4 Å². The van der Waals surface area contributed by atoms with Crippen LogP contribution in [0.2, 0.25) is 0 Å². The van der Waals surface area contributed by atoms with Gasteiger partial charge in [0.25, 0.3) is 5.91 Å². The van der Waals surface area contributed by atoms with Crippen LogP contribution in [-0.2, 0) is 0 Å². The number of nitrogen functional groups attached to an aromatic ring is 1. The molecule has 0 unspecified atom stereocenters. The van der Waals surface area contributed by atoms with Gasteiger partial charge in [0, 0.05) is 18.3 Å². The molecule has 0 heterocycles. The van der Waals surface area contributed by atoms with Gasteiger partial charge in [0.05, 0.1) is 11.7 Å². The fraction of sp³-hybridized carbons (Fsp3) is 0.462. The van der Waals surface area contributed by atoms with Crippen molar-refractivity contribution in [3.05, 3.63) is 23.8 Å². The summed E-state index contributed by atoms with van der Waals surface area (Å²) in [6.45, 7) is 2.49. The van der Waals surface area contributed by atoms with Crippen LogP contribution in [0.25, 0.3) is 0 Å². The SMILES string of the molecule is CCNC(=O)c1ccc(N)cc1OC1CCC1. The van der Waals surface area contributed by atoms with Crippen LogP contribution in [-0.4, -0.2) is 18.6 Å². The van der Waals surface area contributed by atoms with Crippen molar-refractivity contribution in [2.75, 3.05) is 12.3 Å². The molecule has 0 atom stereocenters. The molecule has 92 valence electrons. The van der Waals surface area contributed by atoms with Crippen LogP contribution < -0.4 is 15.8 Å². The summed E-state index contributed by atoms with van der Waals surface area (Å²) < 4.78 is 5.79. The first-order valence-corrected chi connectivity index (χ1v) is 6.05. The standard InChI is InChI=1S/C13H18N2O2/c1-2-15-13(16)11-7-6-9(14)8-12(11)17-10-4-3-5-10/h6-8,10H,2-5,14H2,1H3,(H,15,16). The van der Waals surface area contributed by atoms with Crippen molar-refractivity contribution in [2.45, 2.75) is 32.3 Å². The Morgan fingerprint density at radius 3 is 2.88 bits per heavy atom. The molecule has 0 spiro atoms. The van der Waals surface area contributed by atoms with E-state index >= 15 is 0 Å². The highest BCUT2D eigenvalue weighted by molar-refractivity contribution is 5.97. The number of nitrogens with two attached hydrogens (primary N) is 1. The van der Waals surface area contributed by atoms with Gasteiger partial charge in [0.15, 0.2) is 0 Å². The first kappa shape index (κ1) is 11.8. The Morgan fingerprint density at radius 1 is 1.53 bits per heavy atom. The zero-order valence-electron chi connectivity index (χ0n) is 10.0. The van der Waals surface area contributed by atoms with E-state index in [0.717, 1.165) is 12.8 Å². The van der Waals surface area contributed by atoms with Gasteiger partial charge in [-0.15, -0.1) is 0 Å². The smallest absolute Gasteiger partial charge is 0.255 e. The summed E-state index contributed by atoms with van der Waals surface area (Å²) in [5.41, 5.74) is 6.91. The van der Waals surface area contributed by atoms with Gasteiger partial charge in [-0.05, 0) is 38.3 Å². The van der Waals surface area contributed by atoms with E-state index in [1.165, 1.54) is 6.42 Å². The third-order valence-electron chi connectivity index (χ3n) is 2.93. The Hall–Kier alpha value is -1.71. The Bertz CT molecular complexity index is 414. The number of nitrogens with one attached hydrogen (secondary N) is 1. The summed E-state index contributed by atoms with van der Waals surface area (Å²) in [4.78, 5) is 11.8. The zero-order valence-corrected chi connectivity index (χ0v) is 10.0. The molecule has 17 heavy (non-hydrogen) atoms. The summed E-state index contributed by atoms with van der Waals surface area (Å²) in [5, 5.41) is 2.77.